The molecule has 17 heavy (non-hydrogen) atoms. The standard InChI is InChI=1S/C14H20FNO/c1-10-12(8-11(15)9-13(10)17-2)14(16)6-4-3-5-7-14/h8-9H,3-7,16H2,1-2H3. The summed E-state index contributed by atoms with van der Waals surface area (Å²) in [4.78, 5) is 0. The van der Waals surface area contributed by atoms with Crippen LogP contribution in [0.25, 0.3) is 0 Å². The van der Waals surface area contributed by atoms with E-state index in [9.17, 15) is 4.39 Å². The molecule has 1 fully saturated rings. The van der Waals surface area contributed by atoms with E-state index in [0.29, 0.717) is 5.75 Å². The summed E-state index contributed by atoms with van der Waals surface area (Å²) >= 11 is 0. The van der Waals surface area contributed by atoms with E-state index in [1.54, 1.807) is 13.2 Å². The molecule has 0 spiro atoms. The zero-order valence-corrected chi connectivity index (χ0v) is 10.6. The summed E-state index contributed by atoms with van der Waals surface area (Å²) in [6, 6.07) is 2.99. The third kappa shape index (κ3) is 2.29. The van der Waals surface area contributed by atoms with E-state index in [2.05, 4.69) is 0 Å². The van der Waals surface area contributed by atoms with Crippen molar-refractivity contribution in [2.75, 3.05) is 7.11 Å². The molecule has 1 aliphatic rings. The Kier molecular flexibility index (Phi) is 3.38. The maximum atomic E-state index is 13.6. The first-order chi connectivity index (χ1) is 8.07. The van der Waals surface area contributed by atoms with Gasteiger partial charge in [0.2, 0.25) is 0 Å². The van der Waals surface area contributed by atoms with Crippen molar-refractivity contribution in [1.82, 2.24) is 0 Å². The zero-order chi connectivity index (χ0) is 12.5. The van der Waals surface area contributed by atoms with Crippen molar-refractivity contribution >= 4 is 0 Å². The molecule has 0 bridgehead atoms. The van der Waals surface area contributed by atoms with Crippen LogP contribution in [0.5, 0.6) is 5.75 Å². The van der Waals surface area contributed by atoms with Crippen LogP contribution in [0.1, 0.15) is 43.2 Å². The molecule has 0 atom stereocenters. The minimum atomic E-state index is -0.377. The molecule has 0 radical (unpaired) electrons. The molecule has 1 aliphatic carbocycles. The highest BCUT2D eigenvalue weighted by molar-refractivity contribution is 5.43. The monoisotopic (exact) mass is 237 g/mol. The van der Waals surface area contributed by atoms with Crippen LogP contribution in [0.4, 0.5) is 4.39 Å². The number of hydrogen-bond acceptors (Lipinski definition) is 2. The van der Waals surface area contributed by atoms with Gasteiger partial charge in [-0.15, -0.1) is 0 Å². The number of halogens is 1. The molecule has 1 saturated carbocycles. The van der Waals surface area contributed by atoms with Gasteiger partial charge in [-0.3, -0.25) is 0 Å². The maximum Gasteiger partial charge on any atom is 0.127 e. The summed E-state index contributed by atoms with van der Waals surface area (Å²) < 4.78 is 18.8. The zero-order valence-electron chi connectivity index (χ0n) is 10.6. The van der Waals surface area contributed by atoms with Crippen LogP contribution in [0, 0.1) is 12.7 Å². The van der Waals surface area contributed by atoms with Crippen LogP contribution in [-0.2, 0) is 5.54 Å². The molecule has 1 aromatic rings. The summed E-state index contributed by atoms with van der Waals surface area (Å²) in [5.74, 6) is 0.327. The molecule has 2 N–H and O–H groups in total. The van der Waals surface area contributed by atoms with E-state index in [-0.39, 0.29) is 11.4 Å². The Morgan fingerprint density at radius 1 is 1.24 bits per heavy atom. The van der Waals surface area contributed by atoms with Crippen LogP contribution in [-0.4, -0.2) is 7.11 Å². The molecule has 0 unspecified atom stereocenters. The van der Waals surface area contributed by atoms with Crippen LogP contribution < -0.4 is 10.5 Å². The molecule has 0 heterocycles. The van der Waals surface area contributed by atoms with Crippen LogP contribution >= 0.6 is 0 Å². The smallest absolute Gasteiger partial charge is 0.127 e. The average Bonchev–Trinajstić information content (AvgIpc) is 2.32. The third-order valence-electron chi connectivity index (χ3n) is 3.83. The fourth-order valence-electron chi connectivity index (χ4n) is 2.84. The summed E-state index contributed by atoms with van der Waals surface area (Å²) in [5.41, 5.74) is 7.96. The van der Waals surface area contributed by atoms with Gasteiger partial charge in [0, 0.05) is 11.6 Å². The van der Waals surface area contributed by atoms with Crippen LogP contribution in [0.2, 0.25) is 0 Å². The summed E-state index contributed by atoms with van der Waals surface area (Å²) in [6.07, 6.45) is 5.33. The van der Waals surface area contributed by atoms with Crippen molar-refractivity contribution in [2.45, 2.75) is 44.6 Å². The van der Waals surface area contributed by atoms with E-state index in [0.717, 1.165) is 36.8 Å². The average molecular weight is 237 g/mol. The van der Waals surface area contributed by atoms with Crippen molar-refractivity contribution in [3.05, 3.63) is 29.1 Å². The second kappa shape index (κ2) is 4.65. The first kappa shape index (κ1) is 12.4. The van der Waals surface area contributed by atoms with E-state index in [4.69, 9.17) is 10.5 Å². The minimum absolute atomic E-state index is 0.266. The van der Waals surface area contributed by atoms with Gasteiger partial charge in [-0.2, -0.15) is 0 Å². The molecule has 2 nitrogen and oxygen atoms in total. The first-order valence-corrected chi connectivity index (χ1v) is 6.20. The Morgan fingerprint density at radius 2 is 1.88 bits per heavy atom. The van der Waals surface area contributed by atoms with Gasteiger partial charge < -0.3 is 10.5 Å². The molecule has 0 aromatic heterocycles. The van der Waals surface area contributed by atoms with Crippen molar-refractivity contribution in [3.63, 3.8) is 0 Å². The van der Waals surface area contributed by atoms with Gasteiger partial charge in [0.05, 0.1) is 7.11 Å². The maximum absolute atomic E-state index is 13.6. The quantitative estimate of drug-likeness (QED) is 0.856. The first-order valence-electron chi connectivity index (χ1n) is 6.20. The van der Waals surface area contributed by atoms with E-state index in [1.165, 1.54) is 12.5 Å². The molecule has 1 aromatic carbocycles. The lowest BCUT2D eigenvalue weighted by molar-refractivity contribution is 0.298. The molecule has 0 aliphatic heterocycles. The lowest BCUT2D eigenvalue weighted by atomic mass is 9.76. The van der Waals surface area contributed by atoms with Crippen molar-refractivity contribution in [2.24, 2.45) is 5.73 Å². The second-order valence-corrected chi connectivity index (χ2v) is 5.00. The Balaban J connectivity index is 2.46. The summed E-state index contributed by atoms with van der Waals surface area (Å²) in [7, 11) is 1.57. The topological polar surface area (TPSA) is 35.2 Å². The van der Waals surface area contributed by atoms with E-state index < -0.39 is 0 Å². The molecule has 0 amide bonds. The van der Waals surface area contributed by atoms with Crippen molar-refractivity contribution in [1.29, 1.82) is 0 Å². The van der Waals surface area contributed by atoms with Gasteiger partial charge in [0.25, 0.3) is 0 Å². The van der Waals surface area contributed by atoms with Gasteiger partial charge in [-0.25, -0.2) is 4.39 Å². The number of methoxy groups -OCH3 is 1. The third-order valence-corrected chi connectivity index (χ3v) is 3.83. The Bertz CT molecular complexity index is 411. The van der Waals surface area contributed by atoms with Gasteiger partial charge in [-0.05, 0) is 37.0 Å². The number of benzene rings is 1. The molecule has 94 valence electrons. The minimum Gasteiger partial charge on any atom is -0.496 e. The molecule has 0 saturated heterocycles. The summed E-state index contributed by atoms with van der Waals surface area (Å²) in [5, 5.41) is 0. The van der Waals surface area contributed by atoms with Gasteiger partial charge in [0.1, 0.15) is 11.6 Å². The summed E-state index contributed by atoms with van der Waals surface area (Å²) in [6.45, 7) is 1.96. The lowest BCUT2D eigenvalue weighted by Crippen LogP contribution is -2.39. The van der Waals surface area contributed by atoms with Gasteiger partial charge >= 0.3 is 0 Å². The Hall–Kier alpha value is -1.09. The molecular weight excluding hydrogens is 217 g/mol. The van der Waals surface area contributed by atoms with Gasteiger partial charge in [0.15, 0.2) is 0 Å². The fraction of sp³-hybridized carbons (Fsp3) is 0.571. The second-order valence-electron chi connectivity index (χ2n) is 5.00. The largest absolute Gasteiger partial charge is 0.496 e. The highest BCUT2D eigenvalue weighted by atomic mass is 19.1. The molecular formula is C14H20FNO. The fourth-order valence-corrected chi connectivity index (χ4v) is 2.84. The van der Waals surface area contributed by atoms with Crippen molar-refractivity contribution < 1.29 is 9.13 Å². The Labute approximate surface area is 102 Å². The number of ether oxygens (including phenoxy) is 1. The Morgan fingerprint density at radius 3 is 2.47 bits per heavy atom. The normalized spacial score (nSPS) is 19.1. The predicted molar refractivity (Wildman–Crippen MR) is 66.6 cm³/mol. The predicted octanol–water partition coefficient (Wildman–Crippen LogP) is 3.26. The number of nitrogens with two attached hydrogens (primary N) is 1. The number of rotatable bonds is 2. The molecule has 3 heteroatoms. The highest BCUT2D eigenvalue weighted by Crippen LogP contribution is 2.39. The van der Waals surface area contributed by atoms with Crippen molar-refractivity contribution in [3.8, 4) is 5.75 Å². The lowest BCUT2D eigenvalue weighted by Gasteiger charge is -2.35. The van der Waals surface area contributed by atoms with E-state index >= 15 is 0 Å². The molecule has 2 rings (SSSR count). The van der Waals surface area contributed by atoms with E-state index in [1.807, 2.05) is 6.92 Å². The van der Waals surface area contributed by atoms with Crippen LogP contribution in [0.15, 0.2) is 12.1 Å². The number of hydrogen-bond donors (Lipinski definition) is 1. The van der Waals surface area contributed by atoms with Gasteiger partial charge in [-0.1, -0.05) is 19.3 Å². The SMILES string of the molecule is COc1cc(F)cc(C2(N)CCCCC2)c1C. The highest BCUT2D eigenvalue weighted by Gasteiger charge is 2.32. The van der Waals surface area contributed by atoms with Crippen LogP contribution in [0.3, 0.4) is 0 Å².